The van der Waals surface area contributed by atoms with E-state index in [-0.39, 0.29) is 16.3 Å². The minimum Gasteiger partial charge on any atom is -0.364 e. The summed E-state index contributed by atoms with van der Waals surface area (Å²) >= 11 is 5.49. The van der Waals surface area contributed by atoms with Gasteiger partial charge in [-0.15, -0.1) is 0 Å². The Bertz CT molecular complexity index is 339. The lowest BCUT2D eigenvalue weighted by Gasteiger charge is -2.03. The highest BCUT2D eigenvalue weighted by atomic mass is 35.5. The van der Waals surface area contributed by atoms with Crippen LogP contribution < -0.4 is 0 Å². The van der Waals surface area contributed by atoms with Crippen LogP contribution in [0.4, 0.5) is 5.69 Å². The molecule has 13 heavy (non-hydrogen) atoms. The van der Waals surface area contributed by atoms with Gasteiger partial charge in [0.25, 0.3) is 5.69 Å². The molecule has 1 aromatic carbocycles. The Morgan fingerprint density at radius 1 is 1.46 bits per heavy atom. The van der Waals surface area contributed by atoms with Crippen molar-refractivity contribution < 1.29 is 15.1 Å². The number of hydrogen-bond donors (Lipinski definition) is 2. The Morgan fingerprint density at radius 3 is 2.54 bits per heavy atom. The quantitative estimate of drug-likeness (QED) is 0.430. The number of nitrogens with zero attached hydrogens (tertiary/aromatic N) is 1. The minimum atomic E-state index is -1.73. The predicted molar refractivity (Wildman–Crippen MR) is 45.3 cm³/mol. The normalized spacial score (nSPS) is 10.5. The average Bonchev–Trinajstić information content (AvgIpc) is 2.04. The van der Waals surface area contributed by atoms with Crippen molar-refractivity contribution in [1.82, 2.24) is 0 Å². The van der Waals surface area contributed by atoms with Crippen LogP contribution in [0.3, 0.4) is 0 Å². The van der Waals surface area contributed by atoms with Gasteiger partial charge in [0, 0.05) is 11.6 Å². The molecule has 6 heteroatoms. The molecule has 0 fully saturated rings. The molecule has 0 aliphatic carbocycles. The van der Waals surface area contributed by atoms with Gasteiger partial charge >= 0.3 is 0 Å². The van der Waals surface area contributed by atoms with E-state index in [0.29, 0.717) is 0 Å². The Kier molecular flexibility index (Phi) is 2.82. The van der Waals surface area contributed by atoms with Gasteiger partial charge in [0.1, 0.15) is 5.02 Å². The molecule has 0 spiro atoms. The van der Waals surface area contributed by atoms with Gasteiger partial charge in [-0.2, -0.15) is 0 Å². The summed E-state index contributed by atoms with van der Waals surface area (Å²) in [5, 5.41) is 27.7. The fraction of sp³-hybridized carbons (Fsp3) is 0.143. The Balaban J connectivity index is 3.19. The maximum absolute atomic E-state index is 10.4. The molecule has 0 unspecified atom stereocenters. The first-order chi connectivity index (χ1) is 6.02. The van der Waals surface area contributed by atoms with Crippen LogP contribution in [0.15, 0.2) is 18.2 Å². The van der Waals surface area contributed by atoms with Gasteiger partial charge in [-0.25, -0.2) is 0 Å². The van der Waals surface area contributed by atoms with Crippen LogP contribution >= 0.6 is 11.6 Å². The fourth-order valence-corrected chi connectivity index (χ4v) is 1.02. The Labute approximate surface area is 78.3 Å². The third-order valence-electron chi connectivity index (χ3n) is 1.47. The largest absolute Gasteiger partial charge is 0.364 e. The zero-order valence-corrected chi connectivity index (χ0v) is 7.10. The summed E-state index contributed by atoms with van der Waals surface area (Å²) in [5.74, 6) is 0. The number of aliphatic hydroxyl groups is 2. The molecule has 0 saturated heterocycles. The van der Waals surface area contributed by atoms with Gasteiger partial charge in [-0.1, -0.05) is 17.7 Å². The molecule has 0 radical (unpaired) electrons. The molecular weight excluding hydrogens is 198 g/mol. The van der Waals surface area contributed by atoms with Crippen LogP contribution in [-0.4, -0.2) is 15.1 Å². The molecule has 5 nitrogen and oxygen atoms in total. The molecule has 0 heterocycles. The van der Waals surface area contributed by atoms with Crippen LogP contribution in [0.25, 0.3) is 0 Å². The Morgan fingerprint density at radius 2 is 2.08 bits per heavy atom. The van der Waals surface area contributed by atoms with Crippen molar-refractivity contribution >= 4 is 17.3 Å². The summed E-state index contributed by atoms with van der Waals surface area (Å²) in [7, 11) is 0. The van der Waals surface area contributed by atoms with E-state index >= 15 is 0 Å². The number of halogens is 1. The van der Waals surface area contributed by atoms with E-state index in [9.17, 15) is 10.1 Å². The Hall–Kier alpha value is -1.17. The number of nitro benzene ring substituents is 1. The molecule has 1 rings (SSSR count). The number of hydrogen-bond acceptors (Lipinski definition) is 4. The highest BCUT2D eigenvalue weighted by Crippen LogP contribution is 2.26. The molecule has 0 saturated carbocycles. The van der Waals surface area contributed by atoms with Crippen molar-refractivity contribution in [2.75, 3.05) is 0 Å². The molecular formula is C7H6ClNO4. The summed E-state index contributed by atoms with van der Waals surface area (Å²) in [6.45, 7) is 0. The lowest BCUT2D eigenvalue weighted by atomic mass is 10.2. The van der Waals surface area contributed by atoms with Crippen LogP contribution in [0.5, 0.6) is 0 Å². The molecule has 1 aromatic rings. The standard InChI is InChI=1S/C7H6ClNO4/c8-5-2-1-4(7(10)11)3-6(5)9(12)13/h1-3,7,10-11H. The fourth-order valence-electron chi connectivity index (χ4n) is 0.830. The molecule has 70 valence electrons. The second kappa shape index (κ2) is 3.69. The second-order valence-corrected chi connectivity index (χ2v) is 2.75. The van der Waals surface area contributed by atoms with E-state index < -0.39 is 11.2 Å². The van der Waals surface area contributed by atoms with Crippen LogP contribution in [-0.2, 0) is 0 Å². The zero-order chi connectivity index (χ0) is 10.0. The molecule has 0 aliphatic heterocycles. The van der Waals surface area contributed by atoms with Gasteiger partial charge in [0.15, 0.2) is 6.29 Å². The second-order valence-electron chi connectivity index (χ2n) is 2.34. The van der Waals surface area contributed by atoms with E-state index in [1.807, 2.05) is 0 Å². The van der Waals surface area contributed by atoms with Crippen LogP contribution in [0.1, 0.15) is 11.9 Å². The van der Waals surface area contributed by atoms with E-state index in [1.54, 1.807) is 0 Å². The highest BCUT2D eigenvalue weighted by molar-refractivity contribution is 6.32. The summed E-state index contributed by atoms with van der Waals surface area (Å²) in [6, 6.07) is 3.57. The summed E-state index contributed by atoms with van der Waals surface area (Å²) < 4.78 is 0. The van der Waals surface area contributed by atoms with Gasteiger partial charge in [0.2, 0.25) is 0 Å². The monoisotopic (exact) mass is 203 g/mol. The first kappa shape index (κ1) is 9.91. The maximum atomic E-state index is 10.4. The first-order valence-electron chi connectivity index (χ1n) is 3.32. The van der Waals surface area contributed by atoms with Gasteiger partial charge < -0.3 is 10.2 Å². The third-order valence-corrected chi connectivity index (χ3v) is 1.78. The third kappa shape index (κ3) is 2.15. The smallest absolute Gasteiger partial charge is 0.288 e. The van der Waals surface area contributed by atoms with Crippen molar-refractivity contribution in [3.63, 3.8) is 0 Å². The van der Waals surface area contributed by atoms with Crippen molar-refractivity contribution in [2.45, 2.75) is 6.29 Å². The van der Waals surface area contributed by atoms with Gasteiger partial charge in [-0.05, 0) is 6.07 Å². The SMILES string of the molecule is O=[N+]([O-])c1cc(C(O)O)ccc1Cl. The molecule has 0 atom stereocenters. The zero-order valence-electron chi connectivity index (χ0n) is 6.35. The molecule has 2 N–H and O–H groups in total. The summed E-state index contributed by atoms with van der Waals surface area (Å²) in [6.07, 6.45) is -1.73. The van der Waals surface area contributed by atoms with E-state index in [1.165, 1.54) is 12.1 Å². The summed E-state index contributed by atoms with van der Waals surface area (Å²) in [4.78, 5) is 9.67. The van der Waals surface area contributed by atoms with Crippen molar-refractivity contribution in [1.29, 1.82) is 0 Å². The highest BCUT2D eigenvalue weighted by Gasteiger charge is 2.14. The van der Waals surface area contributed by atoms with Gasteiger partial charge in [0.05, 0.1) is 4.92 Å². The van der Waals surface area contributed by atoms with Crippen molar-refractivity contribution in [2.24, 2.45) is 0 Å². The lowest BCUT2D eigenvalue weighted by Crippen LogP contribution is -1.97. The van der Waals surface area contributed by atoms with Gasteiger partial charge in [-0.3, -0.25) is 10.1 Å². The average molecular weight is 204 g/mol. The number of benzene rings is 1. The van der Waals surface area contributed by atoms with Crippen LogP contribution in [0.2, 0.25) is 5.02 Å². The molecule has 0 aliphatic rings. The van der Waals surface area contributed by atoms with E-state index in [0.717, 1.165) is 6.07 Å². The van der Waals surface area contributed by atoms with Crippen molar-refractivity contribution in [3.05, 3.63) is 38.9 Å². The number of rotatable bonds is 2. The van der Waals surface area contributed by atoms with Crippen molar-refractivity contribution in [3.8, 4) is 0 Å². The molecule has 0 bridgehead atoms. The summed E-state index contributed by atoms with van der Waals surface area (Å²) in [5.41, 5.74) is -0.302. The molecule has 0 amide bonds. The number of aliphatic hydroxyl groups excluding tert-OH is 1. The molecule has 0 aromatic heterocycles. The lowest BCUT2D eigenvalue weighted by molar-refractivity contribution is -0.384. The van der Waals surface area contributed by atoms with Crippen LogP contribution in [0, 0.1) is 10.1 Å². The van der Waals surface area contributed by atoms with E-state index in [2.05, 4.69) is 0 Å². The number of nitro groups is 1. The minimum absolute atomic E-state index is 0.0330. The predicted octanol–water partition coefficient (Wildman–Crippen LogP) is 1.23. The first-order valence-corrected chi connectivity index (χ1v) is 3.70. The van der Waals surface area contributed by atoms with E-state index in [4.69, 9.17) is 21.8 Å². The topological polar surface area (TPSA) is 83.6 Å². The maximum Gasteiger partial charge on any atom is 0.288 e.